The zero-order valence-corrected chi connectivity index (χ0v) is 19.9. The van der Waals surface area contributed by atoms with Gasteiger partial charge in [0.15, 0.2) is 0 Å². The lowest BCUT2D eigenvalue weighted by Gasteiger charge is -2.32. The molecule has 1 saturated carbocycles. The van der Waals surface area contributed by atoms with Crippen molar-refractivity contribution in [1.29, 1.82) is 0 Å². The van der Waals surface area contributed by atoms with Crippen LogP contribution in [0.1, 0.15) is 52.5 Å². The average Bonchev–Trinajstić information content (AvgIpc) is 3.56. The van der Waals surface area contributed by atoms with Crippen LogP contribution in [0.5, 0.6) is 0 Å². The molecular weight excluding hydrogens is 448 g/mol. The van der Waals surface area contributed by atoms with Gasteiger partial charge in [-0.05, 0) is 66.6 Å². The predicted molar refractivity (Wildman–Crippen MR) is 133 cm³/mol. The molecule has 1 aromatic carbocycles. The fourth-order valence-corrected chi connectivity index (χ4v) is 4.90. The summed E-state index contributed by atoms with van der Waals surface area (Å²) < 4.78 is 0. The second-order valence-electron chi connectivity index (χ2n) is 8.44. The van der Waals surface area contributed by atoms with E-state index in [9.17, 15) is 14.4 Å². The van der Waals surface area contributed by atoms with E-state index >= 15 is 0 Å². The molecule has 0 aliphatic heterocycles. The van der Waals surface area contributed by atoms with E-state index in [-0.39, 0.29) is 30.3 Å². The molecule has 34 heavy (non-hydrogen) atoms. The highest BCUT2D eigenvalue weighted by Gasteiger charge is 2.34. The molecule has 3 amide bonds. The highest BCUT2D eigenvalue weighted by atomic mass is 32.1. The number of thiophene rings is 1. The largest absolute Gasteiger partial charge is 0.351 e. The number of rotatable bonds is 8. The molecule has 3 aromatic rings. The Balaban J connectivity index is 1.66. The van der Waals surface area contributed by atoms with Crippen molar-refractivity contribution in [2.45, 2.75) is 44.7 Å². The number of nitrogens with one attached hydrogen (secondary N) is 2. The van der Waals surface area contributed by atoms with E-state index in [1.165, 1.54) is 16.2 Å². The number of carbonyl (C=O) groups excluding carboxylic acids is 3. The van der Waals surface area contributed by atoms with Gasteiger partial charge in [0, 0.05) is 24.1 Å². The first-order chi connectivity index (χ1) is 16.5. The van der Waals surface area contributed by atoms with Crippen LogP contribution in [0.3, 0.4) is 0 Å². The lowest BCUT2D eigenvalue weighted by molar-refractivity contribution is -0.126. The van der Waals surface area contributed by atoms with Gasteiger partial charge in [-0.15, -0.1) is 11.3 Å². The molecule has 1 aliphatic rings. The number of nitrogens with zero attached hydrogens (tertiary/aromatic N) is 2. The predicted octanol–water partition coefficient (Wildman–Crippen LogP) is 4.01. The van der Waals surface area contributed by atoms with E-state index < -0.39 is 6.04 Å². The molecule has 2 N–H and O–H groups in total. The molecule has 1 atom stereocenters. The maximum atomic E-state index is 13.6. The summed E-state index contributed by atoms with van der Waals surface area (Å²) in [6, 6.07) is 13.7. The smallest absolute Gasteiger partial charge is 0.261 e. The Hall–Kier alpha value is -3.52. The minimum Gasteiger partial charge on any atom is -0.351 e. The van der Waals surface area contributed by atoms with Crippen LogP contribution >= 0.6 is 11.3 Å². The lowest BCUT2D eigenvalue weighted by atomic mass is 10.0. The SMILES string of the molecule is Cc1cccc(N(C(=O)CNC(=O)c2cccs2)C(C(=O)NC2CCCC2)c2ccncc2)c1. The standard InChI is InChI=1S/C26H28N4O3S/c1-18-6-4-9-21(16-18)30(23(31)17-28-25(32)22-10-5-15-34-22)24(19-11-13-27-14-12-19)26(33)29-20-7-2-3-8-20/h4-6,9-16,20,24H,2-3,7-8,17H2,1H3,(H,28,32)(H,29,33). The Kier molecular flexibility index (Phi) is 7.69. The van der Waals surface area contributed by atoms with E-state index in [1.807, 2.05) is 36.6 Å². The first-order valence-electron chi connectivity index (χ1n) is 11.4. The van der Waals surface area contributed by atoms with Crippen molar-refractivity contribution in [3.8, 4) is 0 Å². The van der Waals surface area contributed by atoms with Crippen molar-refractivity contribution in [1.82, 2.24) is 15.6 Å². The topological polar surface area (TPSA) is 91.4 Å². The highest BCUT2D eigenvalue weighted by Crippen LogP contribution is 2.29. The van der Waals surface area contributed by atoms with Crippen molar-refractivity contribution < 1.29 is 14.4 Å². The van der Waals surface area contributed by atoms with Crippen LogP contribution in [0.2, 0.25) is 0 Å². The summed E-state index contributed by atoms with van der Waals surface area (Å²) in [6.07, 6.45) is 7.26. The van der Waals surface area contributed by atoms with E-state index in [1.54, 1.807) is 36.7 Å². The van der Waals surface area contributed by atoms with E-state index in [4.69, 9.17) is 0 Å². The number of pyridine rings is 1. The van der Waals surface area contributed by atoms with Crippen molar-refractivity contribution in [3.05, 3.63) is 82.3 Å². The fourth-order valence-electron chi connectivity index (χ4n) is 4.26. The third-order valence-electron chi connectivity index (χ3n) is 5.92. The fraction of sp³-hybridized carbons (Fsp3) is 0.308. The number of hydrogen-bond donors (Lipinski definition) is 2. The number of anilines is 1. The van der Waals surface area contributed by atoms with Gasteiger partial charge in [-0.25, -0.2) is 0 Å². The van der Waals surface area contributed by atoms with Crippen LogP contribution in [0, 0.1) is 6.92 Å². The summed E-state index contributed by atoms with van der Waals surface area (Å²) in [7, 11) is 0. The van der Waals surface area contributed by atoms with Gasteiger partial charge in [0.2, 0.25) is 11.8 Å². The zero-order chi connectivity index (χ0) is 23.9. The lowest BCUT2D eigenvalue weighted by Crippen LogP contribution is -2.49. The average molecular weight is 477 g/mol. The number of aromatic nitrogens is 1. The molecule has 0 bridgehead atoms. The molecule has 1 fully saturated rings. The minimum atomic E-state index is -0.892. The van der Waals surface area contributed by atoms with Crippen LogP contribution in [0.25, 0.3) is 0 Å². The van der Waals surface area contributed by atoms with Crippen molar-refractivity contribution in [3.63, 3.8) is 0 Å². The summed E-state index contributed by atoms with van der Waals surface area (Å²) in [5.41, 5.74) is 2.21. The molecular formula is C26H28N4O3S. The van der Waals surface area contributed by atoms with Gasteiger partial charge in [-0.3, -0.25) is 24.3 Å². The van der Waals surface area contributed by atoms with Crippen LogP contribution in [0.15, 0.2) is 66.3 Å². The molecule has 2 heterocycles. The molecule has 176 valence electrons. The molecule has 4 rings (SSSR count). The third-order valence-corrected chi connectivity index (χ3v) is 6.79. The summed E-state index contributed by atoms with van der Waals surface area (Å²) in [5, 5.41) is 7.66. The second kappa shape index (κ2) is 11.1. The Morgan fingerprint density at radius 1 is 1.09 bits per heavy atom. The van der Waals surface area contributed by atoms with Gasteiger partial charge >= 0.3 is 0 Å². The maximum absolute atomic E-state index is 13.6. The van der Waals surface area contributed by atoms with E-state index in [0.717, 1.165) is 31.2 Å². The molecule has 1 unspecified atom stereocenters. The van der Waals surface area contributed by atoms with Gasteiger partial charge in [0.25, 0.3) is 5.91 Å². The highest BCUT2D eigenvalue weighted by molar-refractivity contribution is 7.12. The number of amides is 3. The first kappa shape index (κ1) is 23.6. The van der Waals surface area contributed by atoms with E-state index in [0.29, 0.717) is 16.1 Å². The Morgan fingerprint density at radius 3 is 2.53 bits per heavy atom. The van der Waals surface area contributed by atoms with Gasteiger partial charge < -0.3 is 10.6 Å². The summed E-state index contributed by atoms with van der Waals surface area (Å²) in [5.74, 6) is -0.931. The van der Waals surface area contributed by atoms with Crippen molar-refractivity contribution in [2.75, 3.05) is 11.4 Å². The maximum Gasteiger partial charge on any atom is 0.261 e. The Bertz CT molecular complexity index is 1130. The number of aryl methyl sites for hydroxylation is 1. The third kappa shape index (κ3) is 5.69. The van der Waals surface area contributed by atoms with Crippen LogP contribution in [-0.4, -0.2) is 35.3 Å². The van der Waals surface area contributed by atoms with Crippen molar-refractivity contribution >= 4 is 34.7 Å². The van der Waals surface area contributed by atoms with Crippen molar-refractivity contribution in [2.24, 2.45) is 0 Å². The number of hydrogen-bond acceptors (Lipinski definition) is 5. The van der Waals surface area contributed by atoms with Gasteiger partial charge in [-0.2, -0.15) is 0 Å². The quantitative estimate of drug-likeness (QED) is 0.514. The summed E-state index contributed by atoms with van der Waals surface area (Å²) in [6.45, 7) is 1.70. The zero-order valence-electron chi connectivity index (χ0n) is 19.1. The molecule has 2 aromatic heterocycles. The second-order valence-corrected chi connectivity index (χ2v) is 9.38. The van der Waals surface area contributed by atoms with Crippen LogP contribution < -0.4 is 15.5 Å². The van der Waals surface area contributed by atoms with Gasteiger partial charge in [0.1, 0.15) is 6.04 Å². The van der Waals surface area contributed by atoms with Crippen LogP contribution in [0.4, 0.5) is 5.69 Å². The first-order valence-corrected chi connectivity index (χ1v) is 12.3. The molecule has 0 radical (unpaired) electrons. The van der Waals surface area contributed by atoms with E-state index in [2.05, 4.69) is 15.6 Å². The molecule has 0 saturated heterocycles. The van der Waals surface area contributed by atoms with Crippen LogP contribution in [-0.2, 0) is 9.59 Å². The molecule has 1 aliphatic carbocycles. The Morgan fingerprint density at radius 2 is 1.85 bits per heavy atom. The monoisotopic (exact) mass is 476 g/mol. The Labute approximate surface area is 203 Å². The summed E-state index contributed by atoms with van der Waals surface area (Å²) in [4.78, 5) is 45.8. The van der Waals surface area contributed by atoms with Gasteiger partial charge in [0.05, 0.1) is 11.4 Å². The molecule has 7 nitrogen and oxygen atoms in total. The van der Waals surface area contributed by atoms with Gasteiger partial charge in [-0.1, -0.05) is 31.0 Å². The number of carbonyl (C=O) groups is 3. The molecule has 0 spiro atoms. The number of benzene rings is 1. The summed E-state index contributed by atoms with van der Waals surface area (Å²) >= 11 is 1.31. The molecule has 8 heteroatoms. The minimum absolute atomic E-state index is 0.102. The normalized spacial score (nSPS) is 14.4.